The van der Waals surface area contributed by atoms with E-state index in [1.165, 1.54) is 0 Å². The highest BCUT2D eigenvalue weighted by Crippen LogP contribution is 2.24. The molecule has 1 aliphatic rings. The van der Waals surface area contributed by atoms with Gasteiger partial charge in [0.2, 0.25) is 0 Å². The highest BCUT2D eigenvalue weighted by molar-refractivity contribution is 9.09. The summed E-state index contributed by atoms with van der Waals surface area (Å²) in [6.45, 7) is 1.43. The van der Waals surface area contributed by atoms with E-state index in [9.17, 15) is 10.2 Å². The lowest BCUT2D eigenvalue weighted by atomic mass is 10.1. The van der Waals surface area contributed by atoms with Crippen molar-refractivity contribution >= 4 is 32.9 Å². The SMILES string of the molecule is Br.CN1CCC(O)(O)C(Br)C1. The van der Waals surface area contributed by atoms with Gasteiger partial charge in [-0.05, 0) is 7.05 Å². The highest BCUT2D eigenvalue weighted by Gasteiger charge is 2.36. The first-order valence-electron chi connectivity index (χ1n) is 3.30. The molecule has 0 saturated carbocycles. The molecule has 1 unspecified atom stereocenters. The Labute approximate surface area is 85.3 Å². The van der Waals surface area contributed by atoms with Crippen molar-refractivity contribution in [2.45, 2.75) is 17.0 Å². The van der Waals surface area contributed by atoms with Crippen LogP contribution in [-0.2, 0) is 0 Å². The van der Waals surface area contributed by atoms with Gasteiger partial charge in [-0.2, -0.15) is 0 Å². The molecule has 5 heteroatoms. The molecule has 0 aliphatic carbocycles. The molecule has 3 nitrogen and oxygen atoms in total. The Hall–Kier alpha value is 0.840. The number of halogens is 2. The lowest BCUT2D eigenvalue weighted by molar-refractivity contribution is -0.180. The number of aliphatic hydroxyl groups is 2. The minimum atomic E-state index is -1.51. The molecule has 1 atom stereocenters. The van der Waals surface area contributed by atoms with E-state index < -0.39 is 5.79 Å². The maximum atomic E-state index is 9.24. The zero-order valence-corrected chi connectivity index (χ0v) is 9.63. The molecule has 1 rings (SSSR count). The number of nitrogens with zero attached hydrogens (tertiary/aromatic N) is 1. The fourth-order valence-corrected chi connectivity index (χ4v) is 1.75. The summed E-state index contributed by atoms with van der Waals surface area (Å²) in [5.74, 6) is -1.51. The van der Waals surface area contributed by atoms with Gasteiger partial charge >= 0.3 is 0 Å². The van der Waals surface area contributed by atoms with Gasteiger partial charge in [-0.1, -0.05) is 15.9 Å². The first-order valence-corrected chi connectivity index (χ1v) is 4.21. The smallest absolute Gasteiger partial charge is 0.177 e. The standard InChI is InChI=1S/C6H12BrNO2.BrH/c1-8-3-2-6(9,10)5(7)4-8;/h5,9-10H,2-4H2,1H3;1H. The number of hydrogen-bond donors (Lipinski definition) is 2. The van der Waals surface area contributed by atoms with Crippen LogP contribution in [0.15, 0.2) is 0 Å². The second-order valence-corrected chi connectivity index (χ2v) is 3.96. The van der Waals surface area contributed by atoms with Crippen LogP contribution < -0.4 is 0 Å². The summed E-state index contributed by atoms with van der Waals surface area (Å²) in [7, 11) is 1.96. The monoisotopic (exact) mass is 289 g/mol. The summed E-state index contributed by atoms with van der Waals surface area (Å²) in [5, 5.41) is 18.5. The minimum Gasteiger partial charge on any atom is -0.365 e. The predicted octanol–water partition coefficient (Wildman–Crippen LogP) is 0.344. The predicted molar refractivity (Wildman–Crippen MR) is 52.3 cm³/mol. The molecule has 0 amide bonds. The third-order valence-electron chi connectivity index (χ3n) is 1.84. The molecular formula is C6H13Br2NO2. The largest absolute Gasteiger partial charge is 0.365 e. The molecular weight excluding hydrogens is 278 g/mol. The summed E-state index contributed by atoms with van der Waals surface area (Å²) in [6, 6.07) is 0. The zero-order chi connectivity index (χ0) is 7.78. The Morgan fingerprint density at radius 1 is 1.55 bits per heavy atom. The molecule has 0 radical (unpaired) electrons. The van der Waals surface area contributed by atoms with E-state index >= 15 is 0 Å². The Morgan fingerprint density at radius 2 is 2.09 bits per heavy atom. The van der Waals surface area contributed by atoms with Gasteiger partial charge in [0.05, 0.1) is 4.83 Å². The van der Waals surface area contributed by atoms with Crippen LogP contribution in [-0.4, -0.2) is 45.9 Å². The van der Waals surface area contributed by atoms with E-state index in [2.05, 4.69) is 20.8 Å². The molecule has 68 valence electrons. The number of hydrogen-bond acceptors (Lipinski definition) is 3. The summed E-state index contributed by atoms with van der Waals surface area (Å²) in [4.78, 5) is 1.84. The third-order valence-corrected chi connectivity index (χ3v) is 2.86. The Balaban J connectivity index is 0.000001000. The second-order valence-electron chi connectivity index (χ2n) is 2.86. The third kappa shape index (κ3) is 2.99. The van der Waals surface area contributed by atoms with Gasteiger partial charge in [0.25, 0.3) is 0 Å². The van der Waals surface area contributed by atoms with Crippen LogP contribution in [0.3, 0.4) is 0 Å². The molecule has 1 fully saturated rings. The molecule has 11 heavy (non-hydrogen) atoms. The van der Waals surface area contributed by atoms with Crippen LogP contribution in [0.25, 0.3) is 0 Å². The van der Waals surface area contributed by atoms with Crippen LogP contribution in [0.1, 0.15) is 6.42 Å². The highest BCUT2D eigenvalue weighted by atomic mass is 79.9. The van der Waals surface area contributed by atoms with Crippen molar-refractivity contribution in [3.63, 3.8) is 0 Å². The van der Waals surface area contributed by atoms with E-state index in [0.717, 1.165) is 6.54 Å². The molecule has 0 aromatic rings. The van der Waals surface area contributed by atoms with Crippen molar-refractivity contribution in [2.24, 2.45) is 0 Å². The number of likely N-dealkylation sites (tertiary alicyclic amines) is 1. The molecule has 0 aromatic carbocycles. The van der Waals surface area contributed by atoms with Crippen LogP contribution in [0.2, 0.25) is 0 Å². The summed E-state index contributed by atoms with van der Waals surface area (Å²) >= 11 is 3.21. The fraction of sp³-hybridized carbons (Fsp3) is 1.00. The van der Waals surface area contributed by atoms with Crippen LogP contribution >= 0.6 is 32.9 Å². The molecule has 0 spiro atoms. The van der Waals surface area contributed by atoms with E-state index in [4.69, 9.17) is 0 Å². The number of alkyl halides is 1. The van der Waals surface area contributed by atoms with Gasteiger partial charge in [0.1, 0.15) is 0 Å². The van der Waals surface area contributed by atoms with Crippen LogP contribution in [0, 0.1) is 0 Å². The maximum Gasteiger partial charge on any atom is 0.177 e. The molecule has 0 bridgehead atoms. The topological polar surface area (TPSA) is 43.7 Å². The van der Waals surface area contributed by atoms with Gasteiger partial charge in [-0.3, -0.25) is 0 Å². The van der Waals surface area contributed by atoms with Crippen molar-refractivity contribution < 1.29 is 10.2 Å². The van der Waals surface area contributed by atoms with E-state index in [-0.39, 0.29) is 21.8 Å². The molecule has 0 aromatic heterocycles. The maximum absolute atomic E-state index is 9.24. The Kier molecular flexibility index (Phi) is 4.50. The second kappa shape index (κ2) is 4.18. The van der Waals surface area contributed by atoms with Crippen molar-refractivity contribution in [3.05, 3.63) is 0 Å². The quantitative estimate of drug-likeness (QED) is 0.500. The van der Waals surface area contributed by atoms with Gasteiger partial charge in [-0.25, -0.2) is 0 Å². The average Bonchev–Trinajstić information content (AvgIpc) is 1.81. The average molecular weight is 291 g/mol. The molecule has 1 heterocycles. The van der Waals surface area contributed by atoms with E-state index in [1.54, 1.807) is 0 Å². The van der Waals surface area contributed by atoms with Gasteiger partial charge in [0.15, 0.2) is 5.79 Å². The molecule has 2 N–H and O–H groups in total. The van der Waals surface area contributed by atoms with Crippen molar-refractivity contribution in [3.8, 4) is 0 Å². The lowest BCUT2D eigenvalue weighted by Gasteiger charge is -2.36. The first-order chi connectivity index (χ1) is 4.52. The van der Waals surface area contributed by atoms with E-state index in [1.807, 2.05) is 7.05 Å². The Morgan fingerprint density at radius 3 is 2.45 bits per heavy atom. The van der Waals surface area contributed by atoms with Gasteiger partial charge in [-0.15, -0.1) is 17.0 Å². The zero-order valence-electron chi connectivity index (χ0n) is 6.33. The summed E-state index contributed by atoms with van der Waals surface area (Å²) in [5.41, 5.74) is 0. The van der Waals surface area contributed by atoms with Crippen molar-refractivity contribution in [2.75, 3.05) is 20.1 Å². The molecule has 1 saturated heterocycles. The van der Waals surface area contributed by atoms with Crippen molar-refractivity contribution in [1.82, 2.24) is 4.90 Å². The summed E-state index contributed by atoms with van der Waals surface area (Å²) < 4.78 is 0. The first kappa shape index (κ1) is 11.8. The summed E-state index contributed by atoms with van der Waals surface area (Å²) in [6.07, 6.45) is 0.416. The van der Waals surface area contributed by atoms with Crippen LogP contribution in [0.4, 0.5) is 0 Å². The Bertz CT molecular complexity index is 132. The number of piperidine rings is 1. The van der Waals surface area contributed by atoms with Crippen molar-refractivity contribution in [1.29, 1.82) is 0 Å². The van der Waals surface area contributed by atoms with E-state index in [0.29, 0.717) is 13.0 Å². The molecule has 1 aliphatic heterocycles. The lowest BCUT2D eigenvalue weighted by Crippen LogP contribution is -2.51. The fourth-order valence-electron chi connectivity index (χ4n) is 1.02. The van der Waals surface area contributed by atoms with Gasteiger partial charge in [0, 0.05) is 19.5 Å². The normalized spacial score (nSPS) is 31.1. The van der Waals surface area contributed by atoms with Gasteiger partial charge < -0.3 is 15.1 Å². The number of rotatable bonds is 0. The van der Waals surface area contributed by atoms with Crippen LogP contribution in [0.5, 0.6) is 0 Å². The minimum absolute atomic E-state index is 0.